The first-order valence-corrected chi connectivity index (χ1v) is 6.99. The van der Waals surface area contributed by atoms with Crippen LogP contribution in [0.4, 0.5) is 5.69 Å². The summed E-state index contributed by atoms with van der Waals surface area (Å²) in [6.07, 6.45) is -0.792. The van der Waals surface area contributed by atoms with Crippen LogP contribution in [0.15, 0.2) is 34.7 Å². The molecule has 2 rings (SSSR count). The third-order valence-corrected chi connectivity index (χ3v) is 4.83. The van der Waals surface area contributed by atoms with E-state index in [1.54, 1.807) is 38.1 Å². The van der Waals surface area contributed by atoms with Gasteiger partial charge in [0.25, 0.3) is 0 Å². The number of carbonyl (C=O) groups is 1. The molecule has 0 amide bonds. The van der Waals surface area contributed by atoms with Crippen molar-refractivity contribution in [2.45, 2.75) is 20.1 Å². The minimum atomic E-state index is -1.42. The normalized spacial score (nSPS) is 22.3. The van der Waals surface area contributed by atoms with Gasteiger partial charge in [-0.3, -0.25) is 4.31 Å². The zero-order valence-corrected chi connectivity index (χ0v) is 12.1. The van der Waals surface area contributed by atoms with Crippen LogP contribution >= 0.6 is 0 Å². The van der Waals surface area contributed by atoms with Crippen molar-refractivity contribution in [3.63, 3.8) is 0 Å². The number of carbonyl (C=O) groups excluding carboxylic acids is 1. The number of esters is 1. The number of hydrogen-bond acceptors (Lipinski definition) is 5. The van der Waals surface area contributed by atoms with Gasteiger partial charge in [-0.1, -0.05) is 0 Å². The highest BCUT2D eigenvalue weighted by Crippen LogP contribution is 2.34. The first kappa shape index (κ1) is 14.7. The molecule has 1 N–H and O–H groups in total. The fourth-order valence-electron chi connectivity index (χ4n) is 1.94. The second-order valence-electron chi connectivity index (χ2n) is 4.31. The molecule has 0 fully saturated rings. The van der Waals surface area contributed by atoms with Crippen molar-refractivity contribution in [3.8, 4) is 0 Å². The summed E-state index contributed by atoms with van der Waals surface area (Å²) in [6.45, 7) is 3.47. The molecule has 0 spiro atoms. The highest BCUT2D eigenvalue weighted by atomic mass is 32.2. The van der Waals surface area contributed by atoms with Crippen molar-refractivity contribution in [2.75, 3.05) is 11.4 Å². The Morgan fingerprint density at radius 2 is 1.90 bits per heavy atom. The molecule has 108 valence electrons. The maximum Gasteiger partial charge on any atom is 0.337 e. The number of methoxy groups -OCH3 is 1. The molecule has 20 heavy (non-hydrogen) atoms. The lowest BCUT2D eigenvalue weighted by Gasteiger charge is -2.23. The van der Waals surface area contributed by atoms with Gasteiger partial charge in [0.15, 0.2) is 17.2 Å². The third-order valence-electron chi connectivity index (χ3n) is 3.22. The van der Waals surface area contributed by atoms with Crippen molar-refractivity contribution in [2.24, 2.45) is 0 Å². The number of anilines is 1. The van der Waals surface area contributed by atoms with Crippen LogP contribution in [0.1, 0.15) is 24.2 Å². The zero-order chi connectivity index (χ0) is 14.9. The Labute approximate surface area is 119 Å². The molecule has 0 radical (unpaired) electrons. The molecular weight excluding hydrogens is 282 g/mol. The fraction of sp³-hybridized carbons (Fsp3) is 0.308. The molecule has 1 aromatic carbocycles. The molecule has 0 saturated heterocycles. The van der Waals surface area contributed by atoms with Crippen LogP contribution in [-0.2, 0) is 20.6 Å². The van der Waals surface area contributed by atoms with E-state index < -0.39 is 23.2 Å². The standard InChI is InChI=1S/C13H15NO5S/c1-8-9(2)20(17)14(12(8)19-16)11-6-4-10(5-7-11)13(15)18-3/h4-7,12,16H,1-3H3/t12-,20?/m0/s1. The number of allylic oxidation sites excluding steroid dienone is 1. The number of hydrogen-bond donors (Lipinski definition) is 1. The predicted octanol–water partition coefficient (Wildman–Crippen LogP) is 2.07. The Morgan fingerprint density at radius 3 is 2.40 bits per heavy atom. The van der Waals surface area contributed by atoms with Crippen LogP contribution < -0.4 is 4.31 Å². The van der Waals surface area contributed by atoms with Crippen LogP contribution in [0.5, 0.6) is 0 Å². The van der Waals surface area contributed by atoms with Gasteiger partial charge in [-0.2, -0.15) is 0 Å². The first-order chi connectivity index (χ1) is 9.51. The monoisotopic (exact) mass is 297 g/mol. The second-order valence-corrected chi connectivity index (χ2v) is 5.81. The van der Waals surface area contributed by atoms with Crippen LogP contribution in [0.2, 0.25) is 0 Å². The summed E-state index contributed by atoms with van der Waals surface area (Å²) in [5.74, 6) is -0.445. The molecule has 0 aliphatic carbocycles. The number of nitrogens with zero attached hydrogens (tertiary/aromatic N) is 1. The third kappa shape index (κ3) is 2.35. The molecule has 0 aromatic heterocycles. The summed E-state index contributed by atoms with van der Waals surface area (Å²) in [7, 11) is -0.120. The summed E-state index contributed by atoms with van der Waals surface area (Å²) in [5.41, 5.74) is 1.67. The lowest BCUT2D eigenvalue weighted by molar-refractivity contribution is -0.264. The molecule has 6 nitrogen and oxygen atoms in total. The molecule has 7 heteroatoms. The molecule has 1 aromatic rings. The van der Waals surface area contributed by atoms with Gasteiger partial charge in [0, 0.05) is 4.91 Å². The Hall–Kier alpha value is -1.70. The van der Waals surface area contributed by atoms with Gasteiger partial charge in [-0.25, -0.2) is 19.1 Å². The van der Waals surface area contributed by atoms with Crippen molar-refractivity contribution in [1.29, 1.82) is 0 Å². The number of ether oxygens (including phenoxy) is 1. The van der Waals surface area contributed by atoms with E-state index in [2.05, 4.69) is 9.62 Å². The molecule has 0 bridgehead atoms. The van der Waals surface area contributed by atoms with Crippen LogP contribution in [0.25, 0.3) is 0 Å². The van der Waals surface area contributed by atoms with E-state index in [0.717, 1.165) is 0 Å². The number of rotatable bonds is 3. The predicted molar refractivity (Wildman–Crippen MR) is 74.3 cm³/mol. The first-order valence-electron chi connectivity index (χ1n) is 5.88. The van der Waals surface area contributed by atoms with Gasteiger partial charge < -0.3 is 4.74 Å². The minimum absolute atomic E-state index is 0.393. The topological polar surface area (TPSA) is 76.1 Å². The molecule has 1 aliphatic rings. The Bertz CT molecular complexity index is 581. The summed E-state index contributed by atoms with van der Waals surface area (Å²) in [6, 6.07) is 6.38. The summed E-state index contributed by atoms with van der Waals surface area (Å²) < 4.78 is 18.3. The maximum atomic E-state index is 12.3. The summed E-state index contributed by atoms with van der Waals surface area (Å²) in [5, 5.41) is 9.00. The average molecular weight is 297 g/mol. The van der Waals surface area contributed by atoms with E-state index in [1.807, 2.05) is 0 Å². The lowest BCUT2D eigenvalue weighted by Crippen LogP contribution is -2.33. The van der Waals surface area contributed by atoms with Gasteiger partial charge in [0.1, 0.15) is 0 Å². The molecule has 2 atom stereocenters. The molecule has 1 aliphatic heterocycles. The van der Waals surface area contributed by atoms with E-state index in [4.69, 9.17) is 5.26 Å². The van der Waals surface area contributed by atoms with Gasteiger partial charge >= 0.3 is 5.97 Å². The molecular formula is C13H15NO5S. The minimum Gasteiger partial charge on any atom is -0.465 e. The fourth-order valence-corrected chi connectivity index (χ4v) is 3.29. The van der Waals surface area contributed by atoms with Gasteiger partial charge in [0.05, 0.1) is 18.4 Å². The van der Waals surface area contributed by atoms with Gasteiger partial charge in [0.2, 0.25) is 0 Å². The van der Waals surface area contributed by atoms with Crippen molar-refractivity contribution in [1.82, 2.24) is 0 Å². The summed E-state index contributed by atoms with van der Waals surface area (Å²) in [4.78, 5) is 16.4. The van der Waals surface area contributed by atoms with Crippen LogP contribution in [0.3, 0.4) is 0 Å². The molecule has 0 saturated carbocycles. The van der Waals surface area contributed by atoms with Crippen LogP contribution in [-0.4, -0.2) is 28.8 Å². The quantitative estimate of drug-likeness (QED) is 0.525. The lowest BCUT2D eigenvalue weighted by atomic mass is 10.2. The Morgan fingerprint density at radius 1 is 1.30 bits per heavy atom. The second kappa shape index (κ2) is 5.74. The van der Waals surface area contributed by atoms with Crippen LogP contribution in [0, 0.1) is 0 Å². The SMILES string of the molecule is COC(=O)c1ccc(N2[C@@H](OO)C(C)=C(C)S2=O)cc1. The highest BCUT2D eigenvalue weighted by Gasteiger charge is 2.36. The Kier molecular flexibility index (Phi) is 4.22. The average Bonchev–Trinajstić information content (AvgIpc) is 2.70. The van der Waals surface area contributed by atoms with E-state index in [1.165, 1.54) is 11.4 Å². The zero-order valence-electron chi connectivity index (χ0n) is 11.3. The van der Waals surface area contributed by atoms with E-state index >= 15 is 0 Å². The van der Waals surface area contributed by atoms with Crippen molar-refractivity contribution < 1.29 is 23.9 Å². The maximum absolute atomic E-state index is 12.3. The van der Waals surface area contributed by atoms with E-state index in [9.17, 15) is 9.00 Å². The van der Waals surface area contributed by atoms with Crippen molar-refractivity contribution in [3.05, 3.63) is 40.3 Å². The van der Waals surface area contributed by atoms with E-state index in [0.29, 0.717) is 21.7 Å². The highest BCUT2D eigenvalue weighted by molar-refractivity contribution is 7.90. The summed E-state index contributed by atoms with van der Waals surface area (Å²) >= 11 is 0. The molecule has 1 unspecified atom stereocenters. The largest absolute Gasteiger partial charge is 0.465 e. The van der Waals surface area contributed by atoms with Gasteiger partial charge in [-0.05, 0) is 43.7 Å². The smallest absolute Gasteiger partial charge is 0.337 e. The van der Waals surface area contributed by atoms with E-state index in [-0.39, 0.29) is 0 Å². The van der Waals surface area contributed by atoms with Crippen molar-refractivity contribution >= 4 is 22.6 Å². The van der Waals surface area contributed by atoms with Gasteiger partial charge in [-0.15, -0.1) is 0 Å². The molecule has 1 heterocycles. The number of benzene rings is 1. The Balaban J connectivity index is 2.33.